The molecule has 6 N–H and O–H groups in total. The minimum absolute atomic E-state index is 0.0940. The quantitative estimate of drug-likeness (QED) is 0.484. The molecule has 1 amide bonds. The Morgan fingerprint density at radius 1 is 1.30 bits per heavy atom. The summed E-state index contributed by atoms with van der Waals surface area (Å²) in [7, 11) is 1.73. The number of piperazine rings is 1. The van der Waals surface area contributed by atoms with Crippen molar-refractivity contribution in [1.82, 2.24) is 20.6 Å². The van der Waals surface area contributed by atoms with Gasteiger partial charge in [-0.15, -0.1) is 0 Å². The van der Waals surface area contributed by atoms with E-state index in [1.165, 1.54) is 0 Å². The number of benzene rings is 1. The highest BCUT2D eigenvalue weighted by Crippen LogP contribution is 2.32. The van der Waals surface area contributed by atoms with Crippen molar-refractivity contribution in [2.45, 2.75) is 32.9 Å². The lowest BCUT2D eigenvalue weighted by Crippen LogP contribution is -2.54. The largest absolute Gasteiger partial charge is 0.507 e. The van der Waals surface area contributed by atoms with E-state index in [1.807, 2.05) is 18.2 Å². The summed E-state index contributed by atoms with van der Waals surface area (Å²) >= 11 is 0. The predicted octanol–water partition coefficient (Wildman–Crippen LogP) is 2.27. The normalized spacial score (nSPS) is 22.7. The SMILES string of the molecule is CN/C=C1/C=C(c2nc(C(N)=O)c3cc(N4CC(C)NC(C)C4)ccc3n2)C(O)=C(C)C1=N. The fourth-order valence-corrected chi connectivity index (χ4v) is 4.43. The number of fused-ring (bicyclic) bond motifs is 1. The zero-order chi connectivity index (χ0) is 23.9. The predicted molar refractivity (Wildman–Crippen MR) is 131 cm³/mol. The van der Waals surface area contributed by atoms with Crippen molar-refractivity contribution in [1.29, 1.82) is 5.41 Å². The van der Waals surface area contributed by atoms with E-state index in [4.69, 9.17) is 11.1 Å². The standard InChI is InChI=1S/C24H29N7O2/c1-12-10-31(11-13(2)28-12)16-5-6-19-17(8-16)21(23(26)33)30-24(29-19)18-7-15(9-27-4)20(25)14(3)22(18)32/h5-9,12-13,25,27-28,32H,10-11H2,1-4H3,(H2,26,33)/b15-9-,25-20?. The maximum absolute atomic E-state index is 12.4. The molecule has 1 aliphatic heterocycles. The number of anilines is 1. The summed E-state index contributed by atoms with van der Waals surface area (Å²) in [6.45, 7) is 7.64. The Morgan fingerprint density at radius 2 is 2.00 bits per heavy atom. The molecule has 0 radical (unpaired) electrons. The van der Waals surface area contributed by atoms with Crippen molar-refractivity contribution in [3.63, 3.8) is 0 Å². The highest BCUT2D eigenvalue weighted by atomic mass is 16.3. The van der Waals surface area contributed by atoms with Gasteiger partial charge in [0.05, 0.1) is 16.8 Å². The zero-order valence-electron chi connectivity index (χ0n) is 19.2. The Bertz CT molecular complexity index is 1230. The molecule has 0 bridgehead atoms. The Labute approximate surface area is 192 Å². The molecule has 1 aromatic heterocycles. The average molecular weight is 448 g/mol. The number of allylic oxidation sites excluding steroid dienone is 4. The Kier molecular flexibility index (Phi) is 5.90. The molecule has 2 aliphatic rings. The topological polar surface area (TPSA) is 140 Å². The van der Waals surface area contributed by atoms with Crippen molar-refractivity contribution in [3.05, 3.63) is 58.9 Å². The van der Waals surface area contributed by atoms with E-state index in [9.17, 15) is 9.90 Å². The molecule has 1 aromatic carbocycles. The van der Waals surface area contributed by atoms with E-state index in [0.29, 0.717) is 39.7 Å². The van der Waals surface area contributed by atoms with Crippen LogP contribution in [-0.2, 0) is 0 Å². The number of amides is 1. The first-order chi connectivity index (χ1) is 15.7. The molecule has 1 saturated heterocycles. The number of nitrogens with one attached hydrogen (secondary N) is 3. The Morgan fingerprint density at radius 3 is 2.64 bits per heavy atom. The van der Waals surface area contributed by atoms with Gasteiger partial charge in [0.2, 0.25) is 0 Å². The third kappa shape index (κ3) is 4.19. The maximum Gasteiger partial charge on any atom is 0.268 e. The number of nitrogens with zero attached hydrogens (tertiary/aromatic N) is 3. The summed E-state index contributed by atoms with van der Waals surface area (Å²) in [4.78, 5) is 23.7. The molecule has 1 fully saturated rings. The van der Waals surface area contributed by atoms with Gasteiger partial charge in [0.25, 0.3) is 5.91 Å². The zero-order valence-corrected chi connectivity index (χ0v) is 19.2. The fraction of sp³-hybridized carbons (Fsp3) is 0.333. The second-order valence-electron chi connectivity index (χ2n) is 8.63. The monoisotopic (exact) mass is 447 g/mol. The number of aromatic nitrogens is 2. The number of aliphatic hydroxyl groups is 1. The molecule has 172 valence electrons. The van der Waals surface area contributed by atoms with Crippen LogP contribution >= 0.6 is 0 Å². The number of primary amides is 1. The number of rotatable bonds is 4. The molecule has 9 heteroatoms. The summed E-state index contributed by atoms with van der Waals surface area (Å²) in [6, 6.07) is 6.42. The highest BCUT2D eigenvalue weighted by molar-refractivity contribution is 6.17. The molecule has 33 heavy (non-hydrogen) atoms. The average Bonchev–Trinajstić information content (AvgIpc) is 2.77. The van der Waals surface area contributed by atoms with Crippen molar-refractivity contribution >= 4 is 33.8 Å². The number of hydrogen-bond acceptors (Lipinski definition) is 8. The van der Waals surface area contributed by atoms with Crippen LogP contribution in [0.4, 0.5) is 5.69 Å². The van der Waals surface area contributed by atoms with Gasteiger partial charge in [0.15, 0.2) is 5.82 Å². The van der Waals surface area contributed by atoms with Crippen LogP contribution in [0.1, 0.15) is 37.1 Å². The van der Waals surface area contributed by atoms with Crippen LogP contribution in [0.15, 0.2) is 47.4 Å². The second kappa shape index (κ2) is 8.67. The van der Waals surface area contributed by atoms with Crippen LogP contribution in [-0.4, -0.2) is 58.9 Å². The third-order valence-corrected chi connectivity index (χ3v) is 5.95. The molecule has 2 unspecified atom stereocenters. The van der Waals surface area contributed by atoms with Gasteiger partial charge in [0, 0.05) is 60.6 Å². The molecule has 9 nitrogen and oxygen atoms in total. The van der Waals surface area contributed by atoms with Crippen LogP contribution in [0.2, 0.25) is 0 Å². The summed E-state index contributed by atoms with van der Waals surface area (Å²) in [5.74, 6) is -0.582. The number of nitrogens with two attached hydrogens (primary N) is 1. The van der Waals surface area contributed by atoms with Crippen molar-refractivity contribution < 1.29 is 9.90 Å². The molecule has 0 saturated carbocycles. The number of aliphatic hydroxyl groups excluding tert-OH is 1. The summed E-state index contributed by atoms with van der Waals surface area (Å²) in [5.41, 5.74) is 8.84. The van der Waals surface area contributed by atoms with Crippen molar-refractivity contribution in [2.75, 3.05) is 25.0 Å². The highest BCUT2D eigenvalue weighted by Gasteiger charge is 2.26. The van der Waals surface area contributed by atoms with Gasteiger partial charge < -0.3 is 26.4 Å². The van der Waals surface area contributed by atoms with E-state index in [-0.39, 0.29) is 23.0 Å². The van der Waals surface area contributed by atoms with Gasteiger partial charge in [-0.3, -0.25) is 10.2 Å². The second-order valence-corrected chi connectivity index (χ2v) is 8.63. The van der Waals surface area contributed by atoms with Crippen LogP contribution in [0, 0.1) is 5.41 Å². The Hall–Kier alpha value is -3.72. The molecular formula is C24H29N7O2. The minimum atomic E-state index is -0.668. The third-order valence-electron chi connectivity index (χ3n) is 5.95. The molecule has 4 rings (SSSR count). The van der Waals surface area contributed by atoms with Crippen LogP contribution in [0.5, 0.6) is 0 Å². The van der Waals surface area contributed by atoms with Gasteiger partial charge in [-0.2, -0.15) is 0 Å². The summed E-state index contributed by atoms with van der Waals surface area (Å²) in [6.07, 6.45) is 3.29. The first-order valence-electron chi connectivity index (χ1n) is 10.9. The van der Waals surface area contributed by atoms with Crippen LogP contribution in [0.25, 0.3) is 16.5 Å². The molecule has 2 aromatic rings. The molecule has 2 atom stereocenters. The van der Waals surface area contributed by atoms with E-state index < -0.39 is 5.91 Å². The fourth-order valence-electron chi connectivity index (χ4n) is 4.43. The smallest absolute Gasteiger partial charge is 0.268 e. The molecule has 0 spiro atoms. The molecule has 2 heterocycles. The van der Waals surface area contributed by atoms with Gasteiger partial charge >= 0.3 is 0 Å². The van der Waals surface area contributed by atoms with E-state index in [0.717, 1.165) is 18.8 Å². The number of carbonyl (C=O) groups is 1. The summed E-state index contributed by atoms with van der Waals surface area (Å²) < 4.78 is 0. The lowest BCUT2D eigenvalue weighted by Gasteiger charge is -2.37. The van der Waals surface area contributed by atoms with Crippen molar-refractivity contribution in [3.8, 4) is 0 Å². The van der Waals surface area contributed by atoms with E-state index in [2.05, 4.69) is 39.3 Å². The molecular weight excluding hydrogens is 418 g/mol. The lowest BCUT2D eigenvalue weighted by molar-refractivity contribution is 0.0997. The first-order valence-corrected chi connectivity index (χ1v) is 10.9. The minimum Gasteiger partial charge on any atom is -0.507 e. The van der Waals surface area contributed by atoms with Crippen LogP contribution in [0.3, 0.4) is 0 Å². The van der Waals surface area contributed by atoms with Crippen molar-refractivity contribution in [2.24, 2.45) is 5.73 Å². The van der Waals surface area contributed by atoms with E-state index in [1.54, 1.807) is 26.2 Å². The maximum atomic E-state index is 12.4. The van der Waals surface area contributed by atoms with Gasteiger partial charge in [-0.05, 0) is 45.0 Å². The Balaban J connectivity index is 1.84. The molecule has 1 aliphatic carbocycles. The first kappa shape index (κ1) is 22.5. The van der Waals surface area contributed by atoms with Crippen LogP contribution < -0.4 is 21.3 Å². The number of hydrogen-bond donors (Lipinski definition) is 5. The van der Waals surface area contributed by atoms with E-state index >= 15 is 0 Å². The van der Waals surface area contributed by atoms with Gasteiger partial charge in [-0.25, -0.2) is 9.97 Å². The lowest BCUT2D eigenvalue weighted by atomic mass is 9.92. The van der Waals surface area contributed by atoms with Gasteiger partial charge in [-0.1, -0.05) is 0 Å². The number of carbonyl (C=O) groups excluding carboxylic acids is 1. The summed E-state index contributed by atoms with van der Waals surface area (Å²) in [5, 5.41) is 25.9. The van der Waals surface area contributed by atoms with Gasteiger partial charge in [0.1, 0.15) is 11.5 Å².